The molecule has 2 aromatic rings. The molecule has 6 nitrogen and oxygen atoms in total. The number of amides is 3. The summed E-state index contributed by atoms with van der Waals surface area (Å²) in [6.45, 7) is 0.272. The molecule has 0 saturated heterocycles. The Bertz CT molecular complexity index is 1030. The first-order valence-electron chi connectivity index (χ1n) is 11.3. The van der Waals surface area contributed by atoms with Gasteiger partial charge in [0.1, 0.15) is 6.17 Å². The Hall–Kier alpha value is -3.15. The average Bonchev–Trinajstić information content (AvgIpc) is 2.93. The van der Waals surface area contributed by atoms with Gasteiger partial charge in [0.15, 0.2) is 0 Å². The maximum absolute atomic E-state index is 13.4. The van der Waals surface area contributed by atoms with Crippen LogP contribution in [0.3, 0.4) is 0 Å². The van der Waals surface area contributed by atoms with Crippen molar-refractivity contribution in [3.63, 3.8) is 0 Å². The zero-order valence-electron chi connectivity index (χ0n) is 17.5. The molecular formula is C25H27N3O3. The SMILES string of the molecule is O=C(CCN1C(=O)c2ccccc2N2C(=O)c3ccccc3[C@H]12)NC1CCCCCC1. The molecule has 1 N–H and O–H groups in total. The quantitative estimate of drug-likeness (QED) is 0.764. The Balaban J connectivity index is 1.39. The van der Waals surface area contributed by atoms with Crippen molar-refractivity contribution >= 4 is 23.4 Å². The first-order chi connectivity index (χ1) is 15.1. The van der Waals surface area contributed by atoms with Crippen LogP contribution >= 0.6 is 0 Å². The summed E-state index contributed by atoms with van der Waals surface area (Å²) in [4.78, 5) is 42.6. The summed E-state index contributed by atoms with van der Waals surface area (Å²) in [5.41, 5.74) is 2.58. The van der Waals surface area contributed by atoms with Crippen molar-refractivity contribution in [1.29, 1.82) is 0 Å². The monoisotopic (exact) mass is 417 g/mol. The van der Waals surface area contributed by atoms with Gasteiger partial charge >= 0.3 is 0 Å². The molecule has 0 spiro atoms. The summed E-state index contributed by atoms with van der Waals surface area (Å²) in [6.07, 6.45) is 6.56. The number of rotatable bonds is 4. The minimum Gasteiger partial charge on any atom is -0.353 e. The van der Waals surface area contributed by atoms with E-state index in [4.69, 9.17) is 0 Å². The second kappa shape index (κ2) is 8.17. The molecule has 0 bridgehead atoms. The van der Waals surface area contributed by atoms with Crippen molar-refractivity contribution in [3.8, 4) is 0 Å². The van der Waals surface area contributed by atoms with Crippen LogP contribution < -0.4 is 10.2 Å². The summed E-state index contributed by atoms with van der Waals surface area (Å²) in [6, 6.07) is 14.9. The second-order valence-corrected chi connectivity index (χ2v) is 8.66. The number of anilines is 1. The van der Waals surface area contributed by atoms with Gasteiger partial charge in [0.25, 0.3) is 11.8 Å². The lowest BCUT2D eigenvalue weighted by Crippen LogP contribution is -2.49. The fourth-order valence-corrected chi connectivity index (χ4v) is 5.14. The van der Waals surface area contributed by atoms with E-state index < -0.39 is 6.17 Å². The van der Waals surface area contributed by atoms with Crippen molar-refractivity contribution in [2.24, 2.45) is 0 Å². The van der Waals surface area contributed by atoms with Crippen LogP contribution in [-0.2, 0) is 4.79 Å². The van der Waals surface area contributed by atoms with Crippen LogP contribution in [0.2, 0.25) is 0 Å². The molecule has 0 unspecified atom stereocenters. The predicted octanol–water partition coefficient (Wildman–Crippen LogP) is 4.03. The molecule has 0 radical (unpaired) electrons. The van der Waals surface area contributed by atoms with Crippen LogP contribution in [0.25, 0.3) is 0 Å². The molecule has 6 heteroatoms. The van der Waals surface area contributed by atoms with Crippen molar-refractivity contribution in [3.05, 3.63) is 65.2 Å². The number of para-hydroxylation sites is 1. The number of carbonyl (C=O) groups excluding carboxylic acids is 3. The zero-order chi connectivity index (χ0) is 21.4. The van der Waals surface area contributed by atoms with Crippen LogP contribution in [-0.4, -0.2) is 35.2 Å². The molecule has 5 rings (SSSR count). The molecule has 0 aromatic heterocycles. The van der Waals surface area contributed by atoms with E-state index in [1.54, 1.807) is 21.9 Å². The van der Waals surface area contributed by atoms with Crippen molar-refractivity contribution in [2.45, 2.75) is 57.2 Å². The number of hydrogen-bond donors (Lipinski definition) is 1. The number of carbonyl (C=O) groups is 3. The molecule has 160 valence electrons. The number of benzene rings is 2. The molecular weight excluding hydrogens is 390 g/mol. The van der Waals surface area contributed by atoms with Gasteiger partial charge in [-0.25, -0.2) is 0 Å². The molecule has 2 aromatic carbocycles. The third kappa shape index (κ3) is 3.50. The van der Waals surface area contributed by atoms with Gasteiger partial charge in [0, 0.05) is 30.1 Å². The van der Waals surface area contributed by atoms with Crippen LogP contribution in [0.1, 0.15) is 77.4 Å². The Morgan fingerprint density at radius 2 is 1.55 bits per heavy atom. The maximum Gasteiger partial charge on any atom is 0.260 e. The van der Waals surface area contributed by atoms with E-state index in [0.717, 1.165) is 31.2 Å². The van der Waals surface area contributed by atoms with E-state index in [0.29, 0.717) is 16.8 Å². The van der Waals surface area contributed by atoms with Crippen LogP contribution in [0, 0.1) is 0 Å². The van der Waals surface area contributed by atoms with Gasteiger partial charge in [-0.1, -0.05) is 56.0 Å². The Morgan fingerprint density at radius 1 is 0.871 bits per heavy atom. The molecule has 1 atom stereocenters. The fraction of sp³-hybridized carbons (Fsp3) is 0.400. The summed E-state index contributed by atoms with van der Waals surface area (Å²) in [5, 5.41) is 3.16. The van der Waals surface area contributed by atoms with Gasteiger partial charge in [-0.15, -0.1) is 0 Å². The lowest BCUT2D eigenvalue weighted by Gasteiger charge is -2.40. The number of fused-ring (bicyclic) bond motifs is 5. The highest BCUT2D eigenvalue weighted by Crippen LogP contribution is 2.45. The van der Waals surface area contributed by atoms with Gasteiger partial charge in [0.05, 0.1) is 11.3 Å². The smallest absolute Gasteiger partial charge is 0.260 e. The number of hydrogen-bond acceptors (Lipinski definition) is 3. The van der Waals surface area contributed by atoms with Crippen LogP contribution in [0.15, 0.2) is 48.5 Å². The molecule has 3 amide bonds. The number of nitrogens with one attached hydrogen (secondary N) is 1. The molecule has 3 aliphatic rings. The molecule has 1 saturated carbocycles. The zero-order valence-corrected chi connectivity index (χ0v) is 17.5. The maximum atomic E-state index is 13.4. The van der Waals surface area contributed by atoms with E-state index in [1.165, 1.54) is 12.8 Å². The van der Waals surface area contributed by atoms with E-state index in [1.807, 2.05) is 36.4 Å². The first kappa shape index (κ1) is 19.8. The highest BCUT2D eigenvalue weighted by molar-refractivity contribution is 6.16. The highest BCUT2D eigenvalue weighted by Gasteiger charge is 2.47. The first-order valence-corrected chi connectivity index (χ1v) is 11.3. The Morgan fingerprint density at radius 3 is 2.32 bits per heavy atom. The molecule has 2 heterocycles. The normalized spacial score (nSPS) is 20.7. The summed E-state index contributed by atoms with van der Waals surface area (Å²) >= 11 is 0. The predicted molar refractivity (Wildman–Crippen MR) is 118 cm³/mol. The third-order valence-corrected chi connectivity index (χ3v) is 6.68. The van der Waals surface area contributed by atoms with Gasteiger partial charge in [-0.2, -0.15) is 0 Å². The van der Waals surface area contributed by atoms with Gasteiger partial charge in [-0.3, -0.25) is 19.3 Å². The molecule has 2 aliphatic heterocycles. The molecule has 1 fully saturated rings. The Kier molecular flexibility index (Phi) is 5.22. The van der Waals surface area contributed by atoms with Gasteiger partial charge < -0.3 is 10.2 Å². The summed E-state index contributed by atoms with van der Waals surface area (Å²) < 4.78 is 0. The largest absolute Gasteiger partial charge is 0.353 e. The van der Waals surface area contributed by atoms with E-state index >= 15 is 0 Å². The Labute approximate surface area is 182 Å². The lowest BCUT2D eigenvalue weighted by molar-refractivity contribution is -0.122. The minimum absolute atomic E-state index is 0.0253. The van der Waals surface area contributed by atoms with E-state index in [-0.39, 0.29) is 36.7 Å². The fourth-order valence-electron chi connectivity index (χ4n) is 5.14. The van der Waals surface area contributed by atoms with E-state index in [9.17, 15) is 14.4 Å². The van der Waals surface area contributed by atoms with Crippen molar-refractivity contribution in [2.75, 3.05) is 11.4 Å². The second-order valence-electron chi connectivity index (χ2n) is 8.66. The van der Waals surface area contributed by atoms with Crippen molar-refractivity contribution in [1.82, 2.24) is 10.2 Å². The number of nitrogens with zero attached hydrogens (tertiary/aromatic N) is 2. The molecule has 31 heavy (non-hydrogen) atoms. The molecule has 1 aliphatic carbocycles. The standard InChI is InChI=1S/C25H27N3O3/c29-22(26-17-9-3-1-2-4-10-17)15-16-27-23-18-11-5-6-12-19(18)25(31)28(23)21-14-8-7-13-20(21)24(27)30/h5-8,11-14,17,23H,1-4,9-10,15-16H2,(H,26,29)/t23-/m1/s1. The van der Waals surface area contributed by atoms with Crippen LogP contribution in [0.4, 0.5) is 5.69 Å². The van der Waals surface area contributed by atoms with Gasteiger partial charge in [-0.05, 0) is 31.0 Å². The van der Waals surface area contributed by atoms with E-state index in [2.05, 4.69) is 5.32 Å². The van der Waals surface area contributed by atoms with Gasteiger partial charge in [0.2, 0.25) is 5.91 Å². The minimum atomic E-state index is -0.503. The van der Waals surface area contributed by atoms with Crippen LogP contribution in [0.5, 0.6) is 0 Å². The topological polar surface area (TPSA) is 69.7 Å². The third-order valence-electron chi connectivity index (χ3n) is 6.68. The summed E-state index contributed by atoms with van der Waals surface area (Å²) in [5.74, 6) is -0.264. The highest BCUT2D eigenvalue weighted by atomic mass is 16.2. The average molecular weight is 418 g/mol. The summed E-state index contributed by atoms with van der Waals surface area (Å²) in [7, 11) is 0. The van der Waals surface area contributed by atoms with Crippen molar-refractivity contribution < 1.29 is 14.4 Å². The lowest BCUT2D eigenvalue weighted by atomic mass is 10.0.